The number of carboxylic acids is 1. The van der Waals surface area contributed by atoms with Gasteiger partial charge in [-0.15, -0.1) is 6.58 Å². The summed E-state index contributed by atoms with van der Waals surface area (Å²) >= 11 is 0. The number of carboxylic acid groups (broad SMARTS) is 1. The summed E-state index contributed by atoms with van der Waals surface area (Å²) in [5.41, 5.74) is 0. The van der Waals surface area contributed by atoms with Crippen LogP contribution in [0.4, 0.5) is 0 Å². The summed E-state index contributed by atoms with van der Waals surface area (Å²) in [6, 6.07) is 0. The van der Waals surface area contributed by atoms with Crippen LogP contribution in [-0.2, 0) is 4.79 Å². The van der Waals surface area contributed by atoms with E-state index in [2.05, 4.69) is 18.7 Å². The summed E-state index contributed by atoms with van der Waals surface area (Å²) in [6.07, 6.45) is 10.0. The van der Waals surface area contributed by atoms with E-state index in [1.54, 1.807) is 6.92 Å². The summed E-state index contributed by atoms with van der Waals surface area (Å²) in [4.78, 5) is 9.37. The lowest BCUT2D eigenvalue weighted by Gasteiger charge is -1.85. The van der Waals surface area contributed by atoms with E-state index >= 15 is 0 Å². The Morgan fingerprint density at radius 1 is 1.46 bits per heavy atom. The Morgan fingerprint density at radius 3 is 2.31 bits per heavy atom. The highest BCUT2D eigenvalue weighted by atomic mass is 16.4. The maximum absolute atomic E-state index is 9.37. The van der Waals surface area contributed by atoms with Gasteiger partial charge in [0.15, 0.2) is 0 Å². The molecule has 0 atom stereocenters. The Balaban J connectivity index is 0. The molecule has 0 amide bonds. The minimum absolute atomic E-state index is 0.222. The standard InChI is InChI=1S/C8H14.C3H6O2/c1-3-5-7-8-6-4-2;1-2-3(4)5/h3-4,6H,1,5,7-8H2,2H3;2H2,1H3,(H,4,5)/b6-4+;. The molecule has 13 heavy (non-hydrogen) atoms. The van der Waals surface area contributed by atoms with Crippen LogP contribution in [0, 0.1) is 0 Å². The fourth-order valence-electron chi connectivity index (χ4n) is 0.547. The number of aliphatic carboxylic acids is 1. The normalized spacial score (nSPS) is 9.08. The minimum atomic E-state index is -0.745. The van der Waals surface area contributed by atoms with Gasteiger partial charge in [-0.2, -0.15) is 0 Å². The predicted octanol–water partition coefficient (Wildman–Crippen LogP) is 3.40. The summed E-state index contributed by atoms with van der Waals surface area (Å²) < 4.78 is 0. The van der Waals surface area contributed by atoms with E-state index in [0.29, 0.717) is 0 Å². The first-order chi connectivity index (χ1) is 6.18. The third kappa shape index (κ3) is 24.8. The van der Waals surface area contributed by atoms with Crippen LogP contribution in [0.25, 0.3) is 0 Å². The van der Waals surface area contributed by atoms with Crippen molar-refractivity contribution in [3.63, 3.8) is 0 Å². The van der Waals surface area contributed by atoms with E-state index in [1.807, 2.05) is 13.0 Å². The van der Waals surface area contributed by atoms with E-state index in [0.717, 1.165) is 6.42 Å². The third-order valence-electron chi connectivity index (χ3n) is 1.32. The van der Waals surface area contributed by atoms with Crippen molar-refractivity contribution in [3.05, 3.63) is 24.8 Å². The highest BCUT2D eigenvalue weighted by Gasteiger charge is 1.80. The molecule has 0 aliphatic carbocycles. The molecule has 0 aliphatic heterocycles. The van der Waals surface area contributed by atoms with Crippen molar-refractivity contribution in [1.82, 2.24) is 0 Å². The van der Waals surface area contributed by atoms with Crippen LogP contribution >= 0.6 is 0 Å². The molecule has 76 valence electrons. The average molecular weight is 184 g/mol. The fourth-order valence-corrected chi connectivity index (χ4v) is 0.547. The van der Waals surface area contributed by atoms with Crippen LogP contribution in [0.2, 0.25) is 0 Å². The van der Waals surface area contributed by atoms with Crippen molar-refractivity contribution in [2.75, 3.05) is 0 Å². The molecule has 0 saturated heterocycles. The lowest BCUT2D eigenvalue weighted by atomic mass is 10.2. The summed E-state index contributed by atoms with van der Waals surface area (Å²) in [7, 11) is 0. The first-order valence-corrected chi connectivity index (χ1v) is 4.62. The Hall–Kier alpha value is -1.05. The zero-order chi connectivity index (χ0) is 10.5. The number of unbranched alkanes of at least 4 members (excludes halogenated alkanes) is 2. The molecule has 0 aromatic carbocycles. The van der Waals surface area contributed by atoms with E-state index in [4.69, 9.17) is 5.11 Å². The predicted molar refractivity (Wildman–Crippen MR) is 56.8 cm³/mol. The average Bonchev–Trinajstić information content (AvgIpc) is 2.14. The van der Waals surface area contributed by atoms with Gasteiger partial charge in [-0.1, -0.05) is 25.2 Å². The van der Waals surface area contributed by atoms with Gasteiger partial charge in [0, 0.05) is 6.42 Å². The van der Waals surface area contributed by atoms with Crippen LogP contribution in [0.3, 0.4) is 0 Å². The van der Waals surface area contributed by atoms with Crippen LogP contribution < -0.4 is 0 Å². The zero-order valence-corrected chi connectivity index (χ0v) is 8.62. The molecule has 0 spiro atoms. The molecule has 0 bridgehead atoms. The second kappa shape index (κ2) is 13.5. The van der Waals surface area contributed by atoms with Crippen molar-refractivity contribution >= 4 is 5.97 Å². The first-order valence-electron chi connectivity index (χ1n) is 4.62. The second-order valence-corrected chi connectivity index (χ2v) is 2.54. The number of hydrogen-bond acceptors (Lipinski definition) is 1. The number of rotatable bonds is 5. The van der Waals surface area contributed by atoms with Gasteiger partial charge in [-0.05, 0) is 26.2 Å². The van der Waals surface area contributed by atoms with E-state index in [1.165, 1.54) is 12.8 Å². The monoisotopic (exact) mass is 184 g/mol. The quantitative estimate of drug-likeness (QED) is 0.525. The Bertz CT molecular complexity index is 148. The van der Waals surface area contributed by atoms with Crippen molar-refractivity contribution < 1.29 is 9.90 Å². The van der Waals surface area contributed by atoms with Crippen molar-refractivity contribution in [2.24, 2.45) is 0 Å². The molecule has 2 heteroatoms. The molecule has 0 rings (SSSR count). The third-order valence-corrected chi connectivity index (χ3v) is 1.32. The number of carbonyl (C=O) groups is 1. The van der Waals surface area contributed by atoms with Gasteiger partial charge in [0.05, 0.1) is 0 Å². The fraction of sp³-hybridized carbons (Fsp3) is 0.545. The van der Waals surface area contributed by atoms with Crippen LogP contribution in [0.1, 0.15) is 39.5 Å². The van der Waals surface area contributed by atoms with Crippen molar-refractivity contribution in [2.45, 2.75) is 39.5 Å². The second-order valence-electron chi connectivity index (χ2n) is 2.54. The van der Waals surface area contributed by atoms with Crippen molar-refractivity contribution in [1.29, 1.82) is 0 Å². The van der Waals surface area contributed by atoms with E-state index < -0.39 is 5.97 Å². The Morgan fingerprint density at radius 2 is 2.00 bits per heavy atom. The highest BCUT2D eigenvalue weighted by Crippen LogP contribution is 1.95. The number of hydrogen-bond donors (Lipinski definition) is 1. The lowest BCUT2D eigenvalue weighted by Crippen LogP contribution is -1.86. The molecular weight excluding hydrogens is 164 g/mol. The zero-order valence-electron chi connectivity index (χ0n) is 8.62. The Labute approximate surface area is 81.0 Å². The smallest absolute Gasteiger partial charge is 0.303 e. The van der Waals surface area contributed by atoms with Gasteiger partial charge in [0.25, 0.3) is 0 Å². The van der Waals surface area contributed by atoms with E-state index in [9.17, 15) is 4.79 Å². The van der Waals surface area contributed by atoms with Crippen molar-refractivity contribution in [3.8, 4) is 0 Å². The maximum Gasteiger partial charge on any atom is 0.303 e. The van der Waals surface area contributed by atoms with E-state index in [-0.39, 0.29) is 6.42 Å². The number of allylic oxidation sites excluding steroid dienone is 3. The molecule has 1 N–H and O–H groups in total. The van der Waals surface area contributed by atoms with Crippen LogP contribution in [0.5, 0.6) is 0 Å². The van der Waals surface area contributed by atoms with Gasteiger partial charge in [-0.25, -0.2) is 0 Å². The molecule has 0 aromatic heterocycles. The molecule has 0 aromatic rings. The lowest BCUT2D eigenvalue weighted by molar-refractivity contribution is -0.136. The first kappa shape index (κ1) is 14.5. The Kier molecular flexibility index (Phi) is 15.1. The maximum atomic E-state index is 9.37. The topological polar surface area (TPSA) is 37.3 Å². The van der Waals surface area contributed by atoms with Gasteiger partial charge < -0.3 is 5.11 Å². The van der Waals surface area contributed by atoms with Crippen LogP contribution in [0.15, 0.2) is 24.8 Å². The largest absolute Gasteiger partial charge is 0.481 e. The molecule has 0 heterocycles. The molecule has 0 unspecified atom stereocenters. The SMILES string of the molecule is C=CCCC/C=C/C.CCC(=O)O. The van der Waals surface area contributed by atoms with Gasteiger partial charge in [0.2, 0.25) is 0 Å². The summed E-state index contributed by atoms with van der Waals surface area (Å²) in [6.45, 7) is 7.28. The molecule has 0 radical (unpaired) electrons. The molecular formula is C11H20O2. The molecule has 0 aliphatic rings. The van der Waals surface area contributed by atoms with Crippen LogP contribution in [-0.4, -0.2) is 11.1 Å². The molecule has 0 saturated carbocycles. The summed E-state index contributed by atoms with van der Waals surface area (Å²) in [5.74, 6) is -0.745. The van der Waals surface area contributed by atoms with Gasteiger partial charge >= 0.3 is 5.97 Å². The molecule has 2 nitrogen and oxygen atoms in total. The highest BCUT2D eigenvalue weighted by molar-refractivity contribution is 5.66. The molecule has 0 fully saturated rings. The van der Waals surface area contributed by atoms with Gasteiger partial charge in [0.1, 0.15) is 0 Å². The minimum Gasteiger partial charge on any atom is -0.481 e. The summed E-state index contributed by atoms with van der Waals surface area (Å²) in [5, 5.41) is 7.72. The van der Waals surface area contributed by atoms with Gasteiger partial charge in [-0.3, -0.25) is 4.79 Å².